The van der Waals surface area contributed by atoms with Gasteiger partial charge in [0.2, 0.25) is 0 Å². The summed E-state index contributed by atoms with van der Waals surface area (Å²) in [5.74, 6) is 0.733. The number of hydrogen-bond acceptors (Lipinski definition) is 2. The summed E-state index contributed by atoms with van der Waals surface area (Å²) in [4.78, 5) is 4.21. The Morgan fingerprint density at radius 1 is 1.35 bits per heavy atom. The molecule has 2 N–H and O–H groups in total. The minimum Gasteiger partial charge on any atom is -0.338 e. The molecule has 0 radical (unpaired) electrons. The standard InChI is InChI=1S/C13H16FN3/c1-17-7-6-16-13(17)9-11(15)8-10-4-2-3-5-12(10)14/h2-7,11H,8-9,15H2,1H3. The van der Waals surface area contributed by atoms with Crippen LogP contribution in [0.2, 0.25) is 0 Å². The van der Waals surface area contributed by atoms with Crippen LogP contribution in [0.25, 0.3) is 0 Å². The first kappa shape index (κ1) is 11.8. The molecule has 3 nitrogen and oxygen atoms in total. The number of aromatic nitrogens is 2. The normalized spacial score (nSPS) is 12.6. The van der Waals surface area contributed by atoms with Gasteiger partial charge < -0.3 is 10.3 Å². The summed E-state index contributed by atoms with van der Waals surface area (Å²) in [6.07, 6.45) is 4.80. The van der Waals surface area contributed by atoms with E-state index >= 15 is 0 Å². The van der Waals surface area contributed by atoms with Crippen LogP contribution in [0.3, 0.4) is 0 Å². The zero-order valence-corrected chi connectivity index (χ0v) is 9.81. The average Bonchev–Trinajstić information content (AvgIpc) is 2.68. The number of nitrogens with two attached hydrogens (primary N) is 1. The highest BCUT2D eigenvalue weighted by molar-refractivity contribution is 5.18. The average molecular weight is 233 g/mol. The Morgan fingerprint density at radius 2 is 2.12 bits per heavy atom. The zero-order chi connectivity index (χ0) is 12.3. The summed E-state index contributed by atoms with van der Waals surface area (Å²) in [7, 11) is 1.93. The molecule has 0 aliphatic carbocycles. The lowest BCUT2D eigenvalue weighted by Crippen LogP contribution is -2.27. The molecule has 1 heterocycles. The maximum absolute atomic E-state index is 13.4. The Bertz CT molecular complexity index is 493. The topological polar surface area (TPSA) is 43.8 Å². The quantitative estimate of drug-likeness (QED) is 0.873. The van der Waals surface area contributed by atoms with Gasteiger partial charge in [-0.1, -0.05) is 18.2 Å². The van der Waals surface area contributed by atoms with Crippen LogP contribution < -0.4 is 5.73 Å². The second kappa shape index (κ2) is 5.10. The molecule has 1 atom stereocenters. The molecule has 0 spiro atoms. The fraction of sp³-hybridized carbons (Fsp3) is 0.308. The molecule has 0 aliphatic heterocycles. The molecule has 0 bridgehead atoms. The zero-order valence-electron chi connectivity index (χ0n) is 9.81. The molecular formula is C13H16FN3. The molecule has 90 valence electrons. The minimum atomic E-state index is -0.192. The van der Waals surface area contributed by atoms with Crippen LogP contribution in [0.15, 0.2) is 36.7 Å². The first-order valence-corrected chi connectivity index (χ1v) is 5.62. The molecule has 1 aromatic carbocycles. The summed E-state index contributed by atoms with van der Waals surface area (Å²) in [5.41, 5.74) is 6.68. The maximum atomic E-state index is 13.4. The Labute approximate surface area is 100 Å². The summed E-state index contributed by atoms with van der Waals surface area (Å²) >= 11 is 0. The molecule has 17 heavy (non-hydrogen) atoms. The van der Waals surface area contributed by atoms with Crippen molar-refractivity contribution >= 4 is 0 Å². The first-order chi connectivity index (χ1) is 8.16. The van der Waals surface area contributed by atoms with Gasteiger partial charge in [0.05, 0.1) is 0 Å². The van der Waals surface area contributed by atoms with E-state index in [1.54, 1.807) is 18.3 Å². The highest BCUT2D eigenvalue weighted by Crippen LogP contribution is 2.10. The van der Waals surface area contributed by atoms with Crippen molar-refractivity contribution in [2.45, 2.75) is 18.9 Å². The van der Waals surface area contributed by atoms with Gasteiger partial charge in [0, 0.05) is 31.9 Å². The SMILES string of the molecule is Cn1ccnc1CC(N)Cc1ccccc1F. The van der Waals surface area contributed by atoms with Crippen molar-refractivity contribution in [2.75, 3.05) is 0 Å². The second-order valence-electron chi connectivity index (χ2n) is 4.21. The van der Waals surface area contributed by atoms with Crippen molar-refractivity contribution < 1.29 is 4.39 Å². The van der Waals surface area contributed by atoms with E-state index in [0.29, 0.717) is 18.4 Å². The summed E-state index contributed by atoms with van der Waals surface area (Å²) in [5, 5.41) is 0. The molecule has 0 saturated carbocycles. The third kappa shape index (κ3) is 2.91. The van der Waals surface area contributed by atoms with E-state index in [0.717, 1.165) is 5.82 Å². The molecule has 0 aliphatic rings. The highest BCUT2D eigenvalue weighted by atomic mass is 19.1. The van der Waals surface area contributed by atoms with Gasteiger partial charge in [0.25, 0.3) is 0 Å². The summed E-state index contributed by atoms with van der Waals surface area (Å²) < 4.78 is 15.4. The van der Waals surface area contributed by atoms with Gasteiger partial charge >= 0.3 is 0 Å². The summed E-state index contributed by atoms with van der Waals surface area (Å²) in [6, 6.07) is 6.62. The van der Waals surface area contributed by atoms with Crippen molar-refractivity contribution in [1.82, 2.24) is 9.55 Å². The van der Waals surface area contributed by atoms with Gasteiger partial charge in [0.1, 0.15) is 11.6 Å². The molecule has 1 unspecified atom stereocenters. The van der Waals surface area contributed by atoms with Crippen LogP contribution in [-0.4, -0.2) is 15.6 Å². The molecule has 1 aromatic heterocycles. The molecule has 4 heteroatoms. The van der Waals surface area contributed by atoms with Gasteiger partial charge in [-0.2, -0.15) is 0 Å². The number of benzene rings is 1. The third-order valence-corrected chi connectivity index (χ3v) is 2.81. The largest absolute Gasteiger partial charge is 0.338 e. The van der Waals surface area contributed by atoms with Crippen LogP contribution in [0.1, 0.15) is 11.4 Å². The Kier molecular flexibility index (Phi) is 3.54. The lowest BCUT2D eigenvalue weighted by Gasteiger charge is -2.12. The van der Waals surface area contributed by atoms with E-state index in [9.17, 15) is 4.39 Å². The van der Waals surface area contributed by atoms with E-state index in [1.807, 2.05) is 23.9 Å². The van der Waals surface area contributed by atoms with Crippen molar-refractivity contribution in [3.63, 3.8) is 0 Å². The van der Waals surface area contributed by atoms with Crippen LogP contribution in [-0.2, 0) is 19.9 Å². The van der Waals surface area contributed by atoms with E-state index in [-0.39, 0.29) is 11.9 Å². The number of aryl methyl sites for hydroxylation is 1. The molecule has 0 amide bonds. The van der Waals surface area contributed by atoms with Crippen LogP contribution in [0.5, 0.6) is 0 Å². The monoisotopic (exact) mass is 233 g/mol. The van der Waals surface area contributed by atoms with Gasteiger partial charge in [-0.3, -0.25) is 0 Å². The van der Waals surface area contributed by atoms with Crippen molar-refractivity contribution in [3.8, 4) is 0 Å². The molecule has 2 rings (SSSR count). The molecule has 0 saturated heterocycles. The molecule has 0 fully saturated rings. The predicted octanol–water partition coefficient (Wildman–Crippen LogP) is 1.67. The fourth-order valence-electron chi connectivity index (χ4n) is 1.85. The number of hydrogen-bond donors (Lipinski definition) is 1. The lowest BCUT2D eigenvalue weighted by molar-refractivity contribution is 0.573. The van der Waals surface area contributed by atoms with Gasteiger partial charge in [-0.25, -0.2) is 9.37 Å². The first-order valence-electron chi connectivity index (χ1n) is 5.62. The summed E-state index contributed by atoms with van der Waals surface area (Å²) in [6.45, 7) is 0. The highest BCUT2D eigenvalue weighted by Gasteiger charge is 2.10. The number of halogens is 1. The number of imidazole rings is 1. The van der Waals surface area contributed by atoms with Crippen LogP contribution in [0, 0.1) is 5.82 Å². The Morgan fingerprint density at radius 3 is 2.76 bits per heavy atom. The molecular weight excluding hydrogens is 217 g/mol. The van der Waals surface area contributed by atoms with Crippen molar-refractivity contribution in [3.05, 3.63) is 53.9 Å². The van der Waals surface area contributed by atoms with Crippen molar-refractivity contribution in [2.24, 2.45) is 12.8 Å². The molecule has 2 aromatic rings. The Hall–Kier alpha value is -1.68. The van der Waals surface area contributed by atoms with E-state index < -0.39 is 0 Å². The van der Waals surface area contributed by atoms with E-state index in [1.165, 1.54) is 6.07 Å². The lowest BCUT2D eigenvalue weighted by atomic mass is 10.0. The maximum Gasteiger partial charge on any atom is 0.126 e. The number of nitrogens with zero attached hydrogens (tertiary/aromatic N) is 2. The smallest absolute Gasteiger partial charge is 0.126 e. The number of rotatable bonds is 4. The van der Waals surface area contributed by atoms with Gasteiger partial charge in [0.15, 0.2) is 0 Å². The fourth-order valence-corrected chi connectivity index (χ4v) is 1.85. The van der Waals surface area contributed by atoms with Gasteiger partial charge in [-0.15, -0.1) is 0 Å². The van der Waals surface area contributed by atoms with E-state index in [4.69, 9.17) is 5.73 Å². The minimum absolute atomic E-state index is 0.118. The van der Waals surface area contributed by atoms with E-state index in [2.05, 4.69) is 4.98 Å². The van der Waals surface area contributed by atoms with Gasteiger partial charge in [-0.05, 0) is 18.1 Å². The second-order valence-corrected chi connectivity index (χ2v) is 4.21. The van der Waals surface area contributed by atoms with Crippen LogP contribution in [0.4, 0.5) is 4.39 Å². The predicted molar refractivity (Wildman–Crippen MR) is 65.0 cm³/mol. The third-order valence-electron chi connectivity index (χ3n) is 2.81. The van der Waals surface area contributed by atoms with Crippen molar-refractivity contribution in [1.29, 1.82) is 0 Å². The Balaban J connectivity index is 2.01. The van der Waals surface area contributed by atoms with Crippen LogP contribution >= 0.6 is 0 Å².